The number of hydrogen-bond acceptors (Lipinski definition) is 3. The fourth-order valence-corrected chi connectivity index (χ4v) is 2.49. The van der Waals surface area contributed by atoms with Crippen LogP contribution < -0.4 is 10.7 Å². The van der Waals surface area contributed by atoms with E-state index in [1.165, 1.54) is 31.3 Å². The van der Waals surface area contributed by atoms with Crippen LogP contribution in [0.5, 0.6) is 0 Å². The van der Waals surface area contributed by atoms with Gasteiger partial charge in [0.05, 0.1) is 12.1 Å². The summed E-state index contributed by atoms with van der Waals surface area (Å²) in [6, 6.07) is 1.41. The molecule has 2 fully saturated rings. The molecule has 18 heavy (non-hydrogen) atoms. The number of pyridine rings is 1. The molecule has 3 rings (SSSR count). The number of ether oxygens (including phenoxy) is 1. The van der Waals surface area contributed by atoms with Crippen LogP contribution in [-0.2, 0) is 4.74 Å². The molecule has 1 saturated heterocycles. The Bertz CT molecular complexity index is 507. The lowest BCUT2D eigenvalue weighted by Crippen LogP contribution is -2.42. The van der Waals surface area contributed by atoms with Crippen molar-refractivity contribution in [3.63, 3.8) is 0 Å². The van der Waals surface area contributed by atoms with Gasteiger partial charge < -0.3 is 15.0 Å². The zero-order valence-corrected chi connectivity index (χ0v) is 10.0. The average Bonchev–Trinajstić information content (AvgIpc) is 3.11. The van der Waals surface area contributed by atoms with E-state index in [2.05, 4.69) is 10.3 Å². The average molecular weight is 248 g/mol. The molecule has 5 nitrogen and oxygen atoms in total. The van der Waals surface area contributed by atoms with E-state index in [-0.39, 0.29) is 29.0 Å². The molecule has 0 bridgehead atoms. The van der Waals surface area contributed by atoms with Crippen molar-refractivity contribution in [2.45, 2.75) is 31.4 Å². The summed E-state index contributed by atoms with van der Waals surface area (Å²) in [4.78, 5) is 26.3. The lowest BCUT2D eigenvalue weighted by molar-refractivity contribution is 0.0729. The van der Waals surface area contributed by atoms with Gasteiger partial charge in [0.25, 0.3) is 5.91 Å². The second kappa shape index (κ2) is 4.57. The number of carbonyl (C=O) groups is 1. The van der Waals surface area contributed by atoms with Crippen LogP contribution in [0.4, 0.5) is 0 Å². The Morgan fingerprint density at radius 2 is 2.22 bits per heavy atom. The smallest absolute Gasteiger partial charge is 0.257 e. The highest BCUT2D eigenvalue weighted by Gasteiger charge is 2.41. The Labute approximate surface area is 105 Å². The molecule has 0 radical (unpaired) electrons. The van der Waals surface area contributed by atoms with Crippen molar-refractivity contribution in [3.8, 4) is 0 Å². The topological polar surface area (TPSA) is 71.2 Å². The van der Waals surface area contributed by atoms with Crippen LogP contribution in [0.2, 0.25) is 0 Å². The molecule has 1 saturated carbocycles. The molecule has 96 valence electrons. The van der Waals surface area contributed by atoms with Gasteiger partial charge >= 0.3 is 0 Å². The maximum atomic E-state index is 12.0. The monoisotopic (exact) mass is 248 g/mol. The van der Waals surface area contributed by atoms with Crippen molar-refractivity contribution in [3.05, 3.63) is 34.2 Å². The summed E-state index contributed by atoms with van der Waals surface area (Å²) in [6.07, 6.45) is 6.30. The zero-order chi connectivity index (χ0) is 12.5. The SMILES string of the molecule is O=C(NC1CCOC1C1CC1)c1c[nH]ccc1=O. The van der Waals surface area contributed by atoms with E-state index in [1.54, 1.807) is 0 Å². The molecule has 1 aromatic rings. The third-order valence-corrected chi connectivity index (χ3v) is 3.61. The third-order valence-electron chi connectivity index (χ3n) is 3.61. The molecule has 1 aromatic heterocycles. The molecule has 5 heteroatoms. The van der Waals surface area contributed by atoms with Crippen LogP contribution >= 0.6 is 0 Å². The van der Waals surface area contributed by atoms with Crippen LogP contribution in [0.25, 0.3) is 0 Å². The van der Waals surface area contributed by atoms with Gasteiger partial charge in [-0.05, 0) is 25.2 Å². The molecule has 0 aromatic carbocycles. The number of carbonyl (C=O) groups excluding carboxylic acids is 1. The number of hydrogen-bond donors (Lipinski definition) is 2. The van der Waals surface area contributed by atoms with Gasteiger partial charge in [-0.3, -0.25) is 9.59 Å². The van der Waals surface area contributed by atoms with Gasteiger partial charge in [-0.15, -0.1) is 0 Å². The first-order valence-corrected chi connectivity index (χ1v) is 6.35. The maximum Gasteiger partial charge on any atom is 0.257 e. The Morgan fingerprint density at radius 3 is 2.94 bits per heavy atom. The van der Waals surface area contributed by atoms with Crippen molar-refractivity contribution >= 4 is 5.91 Å². The van der Waals surface area contributed by atoms with Crippen molar-refractivity contribution in [1.29, 1.82) is 0 Å². The first kappa shape index (κ1) is 11.5. The molecule has 1 aliphatic carbocycles. The quantitative estimate of drug-likeness (QED) is 0.826. The van der Waals surface area contributed by atoms with Crippen LogP contribution in [0.1, 0.15) is 29.6 Å². The van der Waals surface area contributed by atoms with Gasteiger partial charge in [0.15, 0.2) is 5.43 Å². The molecule has 0 spiro atoms. The summed E-state index contributed by atoms with van der Waals surface area (Å²) in [7, 11) is 0. The second-order valence-corrected chi connectivity index (χ2v) is 4.96. The first-order valence-electron chi connectivity index (χ1n) is 6.35. The van der Waals surface area contributed by atoms with Crippen molar-refractivity contribution in [2.24, 2.45) is 5.92 Å². The van der Waals surface area contributed by atoms with E-state index in [4.69, 9.17) is 4.74 Å². The highest BCUT2D eigenvalue weighted by molar-refractivity contribution is 5.93. The van der Waals surface area contributed by atoms with Crippen LogP contribution in [0.15, 0.2) is 23.3 Å². The van der Waals surface area contributed by atoms with Crippen molar-refractivity contribution in [1.82, 2.24) is 10.3 Å². The Morgan fingerprint density at radius 1 is 1.39 bits per heavy atom. The number of rotatable bonds is 3. The summed E-state index contributed by atoms with van der Waals surface area (Å²) < 4.78 is 5.66. The first-order chi connectivity index (χ1) is 8.75. The Balaban J connectivity index is 1.71. The predicted octanol–water partition coefficient (Wildman–Crippen LogP) is 0.672. The highest BCUT2D eigenvalue weighted by atomic mass is 16.5. The summed E-state index contributed by atoms with van der Waals surface area (Å²) in [5.74, 6) is 0.282. The fourth-order valence-electron chi connectivity index (χ4n) is 2.49. The van der Waals surface area contributed by atoms with E-state index in [9.17, 15) is 9.59 Å². The molecule has 2 unspecified atom stereocenters. The number of nitrogens with one attached hydrogen (secondary N) is 2. The minimum absolute atomic E-state index is 0.0459. The summed E-state index contributed by atoms with van der Waals surface area (Å²) in [5, 5.41) is 2.92. The summed E-state index contributed by atoms with van der Waals surface area (Å²) in [5.41, 5.74) is -0.0907. The highest BCUT2D eigenvalue weighted by Crippen LogP contribution is 2.38. The predicted molar refractivity (Wildman–Crippen MR) is 65.4 cm³/mol. The molecular weight excluding hydrogens is 232 g/mol. The van der Waals surface area contributed by atoms with Gasteiger partial charge in [-0.2, -0.15) is 0 Å². The minimum Gasteiger partial charge on any atom is -0.376 e. The molecular formula is C13H16N2O3. The number of aromatic nitrogens is 1. The molecule has 2 aliphatic rings. The molecule has 1 amide bonds. The van der Waals surface area contributed by atoms with E-state index in [1.807, 2.05) is 0 Å². The van der Waals surface area contributed by atoms with Crippen LogP contribution in [-0.4, -0.2) is 29.6 Å². The number of aromatic amines is 1. The normalized spacial score (nSPS) is 27.1. The molecule has 1 aliphatic heterocycles. The van der Waals surface area contributed by atoms with Gasteiger partial charge in [-0.1, -0.05) is 0 Å². The minimum atomic E-state index is -0.307. The lowest BCUT2D eigenvalue weighted by atomic mass is 10.1. The summed E-state index contributed by atoms with van der Waals surface area (Å²) >= 11 is 0. The standard InChI is InChI=1S/C13H16N2O3/c16-11-3-5-14-7-9(11)13(17)15-10-4-6-18-12(10)8-1-2-8/h3,5,7-8,10,12H,1-2,4,6H2,(H,14,16)(H,15,17). The van der Waals surface area contributed by atoms with Gasteiger partial charge in [0.2, 0.25) is 0 Å². The number of H-pyrrole nitrogens is 1. The van der Waals surface area contributed by atoms with Gasteiger partial charge in [-0.25, -0.2) is 0 Å². The largest absolute Gasteiger partial charge is 0.376 e. The molecule has 2 N–H and O–H groups in total. The zero-order valence-electron chi connectivity index (χ0n) is 10.0. The second-order valence-electron chi connectivity index (χ2n) is 4.96. The van der Waals surface area contributed by atoms with E-state index >= 15 is 0 Å². The summed E-state index contributed by atoms with van der Waals surface area (Å²) in [6.45, 7) is 0.692. The Hall–Kier alpha value is -1.62. The van der Waals surface area contributed by atoms with Crippen LogP contribution in [0.3, 0.4) is 0 Å². The Kier molecular flexibility index (Phi) is 2.91. The third kappa shape index (κ3) is 2.18. The van der Waals surface area contributed by atoms with E-state index in [0.717, 1.165) is 6.42 Å². The molecule has 2 atom stereocenters. The van der Waals surface area contributed by atoms with E-state index in [0.29, 0.717) is 12.5 Å². The van der Waals surface area contributed by atoms with Crippen LogP contribution in [0, 0.1) is 5.92 Å². The van der Waals surface area contributed by atoms with Crippen molar-refractivity contribution < 1.29 is 9.53 Å². The van der Waals surface area contributed by atoms with Gasteiger partial charge in [0, 0.05) is 25.1 Å². The fraction of sp³-hybridized carbons (Fsp3) is 0.538. The van der Waals surface area contributed by atoms with Gasteiger partial charge in [0.1, 0.15) is 5.56 Å². The maximum absolute atomic E-state index is 12.0. The van der Waals surface area contributed by atoms with E-state index < -0.39 is 0 Å². The van der Waals surface area contributed by atoms with Crippen molar-refractivity contribution in [2.75, 3.05) is 6.61 Å². The number of amides is 1. The molecule has 2 heterocycles. The lowest BCUT2D eigenvalue weighted by Gasteiger charge is -2.19.